The van der Waals surface area contributed by atoms with Crippen LogP contribution in [0.1, 0.15) is 19.8 Å². The number of aromatic nitrogens is 2. The molecule has 1 aliphatic rings. The molecule has 0 radical (unpaired) electrons. The maximum absolute atomic E-state index is 4.47. The van der Waals surface area contributed by atoms with Gasteiger partial charge in [0.1, 0.15) is 0 Å². The summed E-state index contributed by atoms with van der Waals surface area (Å²) in [5, 5.41) is 4.44. The van der Waals surface area contributed by atoms with Crippen LogP contribution in [-0.2, 0) is 0 Å². The molecule has 1 fully saturated rings. The van der Waals surface area contributed by atoms with Crippen molar-refractivity contribution in [1.82, 2.24) is 14.3 Å². The van der Waals surface area contributed by atoms with Crippen molar-refractivity contribution in [3.05, 3.63) is 0 Å². The van der Waals surface area contributed by atoms with E-state index in [1.54, 1.807) is 0 Å². The molecule has 0 spiro atoms. The maximum Gasteiger partial charge on any atom is 0.238 e. The molecular formula is C12H23N5S. The summed E-state index contributed by atoms with van der Waals surface area (Å²) in [5.74, 6) is 1.53. The molecule has 18 heavy (non-hydrogen) atoms. The number of rotatable bonds is 4. The molecule has 6 heteroatoms. The molecule has 0 bridgehead atoms. The van der Waals surface area contributed by atoms with Crippen molar-refractivity contribution in [1.29, 1.82) is 0 Å². The van der Waals surface area contributed by atoms with Crippen LogP contribution >= 0.6 is 11.5 Å². The Balaban J connectivity index is 1.88. The van der Waals surface area contributed by atoms with Gasteiger partial charge in [0.25, 0.3) is 0 Å². The highest BCUT2D eigenvalue weighted by Crippen LogP contribution is 2.24. The molecule has 1 atom stereocenters. The number of piperidine rings is 1. The Morgan fingerprint density at radius 2 is 2.06 bits per heavy atom. The number of hydrogen-bond donors (Lipinski definition) is 1. The summed E-state index contributed by atoms with van der Waals surface area (Å²) in [6, 6.07) is 0.474. The van der Waals surface area contributed by atoms with E-state index in [-0.39, 0.29) is 0 Å². The second kappa shape index (κ2) is 5.84. The van der Waals surface area contributed by atoms with Crippen molar-refractivity contribution in [2.24, 2.45) is 5.92 Å². The minimum absolute atomic E-state index is 0.474. The Bertz CT molecular complexity index is 370. The number of likely N-dealkylation sites (tertiary alicyclic amines) is 1. The summed E-state index contributed by atoms with van der Waals surface area (Å²) >= 11 is 1.45. The van der Waals surface area contributed by atoms with Crippen LogP contribution in [0.15, 0.2) is 0 Å². The summed E-state index contributed by atoms with van der Waals surface area (Å²) in [5.41, 5.74) is 0. The van der Waals surface area contributed by atoms with Gasteiger partial charge in [-0.2, -0.15) is 9.36 Å². The minimum atomic E-state index is 0.474. The molecule has 1 aromatic heterocycles. The van der Waals surface area contributed by atoms with Gasteiger partial charge in [0.05, 0.1) is 0 Å². The van der Waals surface area contributed by atoms with Gasteiger partial charge in [-0.1, -0.05) is 0 Å². The van der Waals surface area contributed by atoms with Crippen LogP contribution in [0, 0.1) is 5.92 Å². The average molecular weight is 269 g/mol. The lowest BCUT2D eigenvalue weighted by Gasteiger charge is -2.32. The summed E-state index contributed by atoms with van der Waals surface area (Å²) < 4.78 is 4.31. The molecular weight excluding hydrogens is 246 g/mol. The fourth-order valence-corrected chi connectivity index (χ4v) is 3.03. The lowest BCUT2D eigenvalue weighted by atomic mass is 9.91. The minimum Gasteiger partial charge on any atom is -0.358 e. The zero-order valence-corrected chi connectivity index (χ0v) is 12.5. The van der Waals surface area contributed by atoms with Gasteiger partial charge < -0.3 is 15.1 Å². The van der Waals surface area contributed by atoms with Crippen molar-refractivity contribution in [2.45, 2.75) is 25.8 Å². The SMILES string of the molecule is C[C@H](Nc1nc(N(C)C)ns1)C1CCN(C)CC1. The van der Waals surface area contributed by atoms with Gasteiger partial charge in [-0.05, 0) is 45.8 Å². The van der Waals surface area contributed by atoms with Gasteiger partial charge in [-0.25, -0.2) is 0 Å². The highest BCUT2D eigenvalue weighted by atomic mass is 32.1. The molecule has 0 amide bonds. The fraction of sp³-hybridized carbons (Fsp3) is 0.833. The first-order valence-electron chi connectivity index (χ1n) is 6.52. The van der Waals surface area contributed by atoms with Crippen LogP contribution in [0.4, 0.5) is 11.1 Å². The first-order valence-corrected chi connectivity index (χ1v) is 7.29. The molecule has 0 unspecified atom stereocenters. The normalized spacial score (nSPS) is 19.8. The third kappa shape index (κ3) is 3.32. The zero-order chi connectivity index (χ0) is 13.1. The van der Waals surface area contributed by atoms with E-state index in [1.807, 2.05) is 19.0 Å². The van der Waals surface area contributed by atoms with Crippen molar-refractivity contribution in [3.63, 3.8) is 0 Å². The monoisotopic (exact) mass is 269 g/mol. The third-order valence-electron chi connectivity index (χ3n) is 3.64. The molecule has 1 saturated heterocycles. The Hall–Kier alpha value is -0.880. The number of nitrogens with zero attached hydrogens (tertiary/aromatic N) is 4. The zero-order valence-electron chi connectivity index (χ0n) is 11.7. The Morgan fingerprint density at radius 3 is 2.61 bits per heavy atom. The summed E-state index contributed by atoms with van der Waals surface area (Å²) in [6.45, 7) is 4.66. The number of hydrogen-bond acceptors (Lipinski definition) is 6. The second-order valence-corrected chi connectivity index (χ2v) is 6.12. The van der Waals surface area contributed by atoms with E-state index in [0.717, 1.165) is 17.0 Å². The molecule has 0 saturated carbocycles. The quantitative estimate of drug-likeness (QED) is 0.902. The molecule has 0 aliphatic carbocycles. The Labute approximate surface area is 113 Å². The topological polar surface area (TPSA) is 44.3 Å². The standard InChI is InChI=1S/C12H23N5S/c1-9(10-5-7-17(4)8-6-10)13-12-14-11(15-18-12)16(2)3/h9-10H,5-8H2,1-4H3,(H,13,14,15)/t9-/m0/s1. The van der Waals surface area contributed by atoms with Gasteiger partial charge >= 0.3 is 0 Å². The second-order valence-electron chi connectivity index (χ2n) is 5.37. The van der Waals surface area contributed by atoms with Gasteiger partial charge in [-0.3, -0.25) is 0 Å². The lowest BCUT2D eigenvalue weighted by molar-refractivity contribution is 0.208. The van der Waals surface area contributed by atoms with Crippen LogP contribution in [0.25, 0.3) is 0 Å². The van der Waals surface area contributed by atoms with Gasteiger partial charge in [0.2, 0.25) is 11.1 Å². The van der Waals surface area contributed by atoms with Crippen molar-refractivity contribution < 1.29 is 0 Å². The van der Waals surface area contributed by atoms with Crippen LogP contribution in [0.3, 0.4) is 0 Å². The van der Waals surface area contributed by atoms with Crippen molar-refractivity contribution in [2.75, 3.05) is 44.4 Å². The van der Waals surface area contributed by atoms with E-state index >= 15 is 0 Å². The first-order chi connectivity index (χ1) is 8.56. The molecule has 1 aromatic rings. The summed E-state index contributed by atoms with van der Waals surface area (Å²) in [7, 11) is 6.13. The van der Waals surface area contributed by atoms with Crippen molar-refractivity contribution >= 4 is 22.6 Å². The van der Waals surface area contributed by atoms with Crippen molar-refractivity contribution in [3.8, 4) is 0 Å². The molecule has 2 rings (SSSR count). The highest BCUT2D eigenvalue weighted by Gasteiger charge is 2.23. The van der Waals surface area contributed by atoms with E-state index in [1.165, 1.54) is 37.5 Å². The fourth-order valence-electron chi connectivity index (χ4n) is 2.30. The largest absolute Gasteiger partial charge is 0.358 e. The molecule has 5 nitrogen and oxygen atoms in total. The van der Waals surface area contributed by atoms with Crippen LogP contribution in [0.5, 0.6) is 0 Å². The van der Waals surface area contributed by atoms with Crippen LogP contribution in [0.2, 0.25) is 0 Å². The average Bonchev–Trinajstić information content (AvgIpc) is 2.78. The molecule has 1 N–H and O–H groups in total. The first kappa shape index (κ1) is 13.5. The highest BCUT2D eigenvalue weighted by molar-refractivity contribution is 7.09. The van der Waals surface area contributed by atoms with E-state index in [2.05, 4.69) is 33.5 Å². The predicted octanol–water partition coefficient (Wildman–Crippen LogP) is 1.75. The molecule has 1 aliphatic heterocycles. The third-order valence-corrected chi connectivity index (χ3v) is 4.27. The van der Waals surface area contributed by atoms with Gasteiger partial charge in [0, 0.05) is 31.7 Å². The van der Waals surface area contributed by atoms with E-state index in [0.29, 0.717) is 6.04 Å². The Kier molecular flexibility index (Phi) is 4.40. The lowest BCUT2D eigenvalue weighted by Crippen LogP contribution is -2.37. The van der Waals surface area contributed by atoms with Crippen LogP contribution < -0.4 is 10.2 Å². The van der Waals surface area contributed by atoms with E-state index in [4.69, 9.17) is 0 Å². The maximum atomic E-state index is 4.47. The van der Waals surface area contributed by atoms with Crippen LogP contribution in [-0.4, -0.2) is 54.5 Å². The summed E-state index contributed by atoms with van der Waals surface area (Å²) in [4.78, 5) is 8.80. The molecule has 0 aromatic carbocycles. The van der Waals surface area contributed by atoms with Gasteiger partial charge in [-0.15, -0.1) is 0 Å². The number of anilines is 2. The molecule has 2 heterocycles. The molecule has 102 valence electrons. The summed E-state index contributed by atoms with van der Waals surface area (Å²) in [6.07, 6.45) is 2.54. The number of nitrogens with one attached hydrogen (secondary N) is 1. The van der Waals surface area contributed by atoms with E-state index < -0.39 is 0 Å². The van der Waals surface area contributed by atoms with E-state index in [9.17, 15) is 0 Å². The van der Waals surface area contributed by atoms with Gasteiger partial charge in [0.15, 0.2) is 0 Å². The Morgan fingerprint density at radius 1 is 1.39 bits per heavy atom. The smallest absolute Gasteiger partial charge is 0.238 e. The predicted molar refractivity (Wildman–Crippen MR) is 77.5 cm³/mol.